The number of carbonyl (C=O) groups excluding carboxylic acids is 1. The third kappa shape index (κ3) is 3.15. The molecule has 88 valence electrons. The summed E-state index contributed by atoms with van der Waals surface area (Å²) in [4.78, 5) is 11.7. The third-order valence-electron chi connectivity index (χ3n) is 2.39. The van der Waals surface area contributed by atoms with E-state index in [1.54, 1.807) is 12.3 Å². The topological polar surface area (TPSA) is 83.8 Å². The second-order valence-corrected chi connectivity index (χ2v) is 3.76. The Hall–Kier alpha value is -2.14. The van der Waals surface area contributed by atoms with E-state index in [4.69, 9.17) is 5.73 Å². The summed E-state index contributed by atoms with van der Waals surface area (Å²) in [5.74, 6) is 0.330. The number of nitrogens with two attached hydrogens (primary N) is 1. The fraction of sp³-hybridized carbons (Fsp3) is 0.167. The van der Waals surface area contributed by atoms with Crippen LogP contribution in [0.3, 0.4) is 0 Å². The van der Waals surface area contributed by atoms with Crippen LogP contribution in [0.15, 0.2) is 42.6 Å². The zero-order valence-electron chi connectivity index (χ0n) is 9.26. The molecular formula is C12H14N4O. The normalized spacial score (nSPS) is 12.1. The van der Waals surface area contributed by atoms with Gasteiger partial charge in [-0.3, -0.25) is 9.89 Å². The van der Waals surface area contributed by atoms with Crippen molar-refractivity contribution in [3.8, 4) is 0 Å². The first-order valence-corrected chi connectivity index (χ1v) is 5.35. The lowest BCUT2D eigenvalue weighted by Gasteiger charge is -2.10. The van der Waals surface area contributed by atoms with E-state index in [0.29, 0.717) is 12.2 Å². The van der Waals surface area contributed by atoms with Gasteiger partial charge in [-0.2, -0.15) is 5.10 Å². The highest BCUT2D eigenvalue weighted by Gasteiger charge is 2.14. The van der Waals surface area contributed by atoms with Crippen molar-refractivity contribution in [3.05, 3.63) is 48.2 Å². The number of nitrogens with zero attached hydrogens (tertiary/aromatic N) is 1. The lowest BCUT2D eigenvalue weighted by atomic mass is 10.1. The molecule has 0 radical (unpaired) electrons. The molecule has 5 heteroatoms. The van der Waals surface area contributed by atoms with Crippen LogP contribution in [0.4, 0.5) is 5.82 Å². The number of aromatic nitrogens is 2. The Morgan fingerprint density at radius 3 is 2.76 bits per heavy atom. The summed E-state index contributed by atoms with van der Waals surface area (Å²) in [6, 6.07) is 10.8. The molecule has 0 saturated carbocycles. The van der Waals surface area contributed by atoms with E-state index in [9.17, 15) is 4.79 Å². The molecule has 0 spiro atoms. The van der Waals surface area contributed by atoms with Gasteiger partial charge in [0.05, 0.1) is 12.2 Å². The number of aromatic amines is 1. The van der Waals surface area contributed by atoms with E-state index in [2.05, 4.69) is 15.5 Å². The number of rotatable bonds is 4. The van der Waals surface area contributed by atoms with Gasteiger partial charge in [0.15, 0.2) is 0 Å². The van der Waals surface area contributed by atoms with Crippen LogP contribution in [-0.4, -0.2) is 22.1 Å². The fourth-order valence-electron chi connectivity index (χ4n) is 1.51. The summed E-state index contributed by atoms with van der Waals surface area (Å²) in [6.45, 7) is 0. The minimum atomic E-state index is -0.569. The standard InChI is InChI=1S/C12H14N4O/c13-10(8-9-4-2-1-3-5-9)12(17)15-11-6-7-14-16-11/h1-7,10H,8,13H2,(H2,14,15,16,17)/t10-/m0/s1. The van der Waals surface area contributed by atoms with Gasteiger partial charge >= 0.3 is 0 Å². The van der Waals surface area contributed by atoms with Crippen LogP contribution >= 0.6 is 0 Å². The first-order valence-electron chi connectivity index (χ1n) is 5.35. The van der Waals surface area contributed by atoms with Crippen LogP contribution in [0.5, 0.6) is 0 Å². The SMILES string of the molecule is N[C@@H](Cc1ccccc1)C(=O)Nc1ccn[nH]1. The lowest BCUT2D eigenvalue weighted by molar-refractivity contribution is -0.117. The maximum absolute atomic E-state index is 11.7. The molecule has 1 amide bonds. The highest BCUT2D eigenvalue weighted by atomic mass is 16.2. The molecule has 1 aromatic heterocycles. The Morgan fingerprint density at radius 2 is 2.12 bits per heavy atom. The van der Waals surface area contributed by atoms with Crippen LogP contribution in [0.25, 0.3) is 0 Å². The van der Waals surface area contributed by atoms with Crippen LogP contribution in [0.2, 0.25) is 0 Å². The molecule has 0 aliphatic carbocycles. The van der Waals surface area contributed by atoms with Gasteiger partial charge in [0.1, 0.15) is 5.82 Å². The highest BCUT2D eigenvalue weighted by molar-refractivity contribution is 5.93. The Balaban J connectivity index is 1.92. The van der Waals surface area contributed by atoms with Crippen molar-refractivity contribution in [2.24, 2.45) is 5.73 Å². The predicted octanol–water partition coefficient (Wildman–Crippen LogP) is 0.918. The number of hydrogen-bond acceptors (Lipinski definition) is 3. The largest absolute Gasteiger partial charge is 0.320 e. The summed E-state index contributed by atoms with van der Waals surface area (Å²) in [7, 11) is 0. The number of carbonyl (C=O) groups is 1. The van der Waals surface area contributed by atoms with Gasteiger partial charge in [0, 0.05) is 6.07 Å². The molecule has 0 aliphatic heterocycles. The molecule has 1 aromatic carbocycles. The van der Waals surface area contributed by atoms with Crippen molar-refractivity contribution in [1.82, 2.24) is 10.2 Å². The van der Waals surface area contributed by atoms with Crippen molar-refractivity contribution in [3.63, 3.8) is 0 Å². The quantitative estimate of drug-likeness (QED) is 0.730. The molecule has 4 N–H and O–H groups in total. The number of nitrogens with one attached hydrogen (secondary N) is 2. The van der Waals surface area contributed by atoms with E-state index < -0.39 is 6.04 Å². The zero-order valence-corrected chi connectivity index (χ0v) is 9.26. The average molecular weight is 230 g/mol. The first kappa shape index (κ1) is 11.3. The minimum absolute atomic E-state index is 0.224. The van der Waals surface area contributed by atoms with Crippen molar-refractivity contribution in [2.45, 2.75) is 12.5 Å². The van der Waals surface area contributed by atoms with Gasteiger partial charge in [0.2, 0.25) is 5.91 Å². The Labute approximate surface area is 99.0 Å². The van der Waals surface area contributed by atoms with E-state index in [1.807, 2.05) is 30.3 Å². The predicted molar refractivity (Wildman–Crippen MR) is 65.3 cm³/mol. The summed E-state index contributed by atoms with van der Waals surface area (Å²) in [5, 5.41) is 9.05. The van der Waals surface area contributed by atoms with Gasteiger partial charge in [-0.05, 0) is 12.0 Å². The Bertz CT molecular complexity index is 467. The molecule has 2 rings (SSSR count). The smallest absolute Gasteiger partial charge is 0.242 e. The second kappa shape index (κ2) is 5.27. The molecule has 0 saturated heterocycles. The summed E-state index contributed by atoms with van der Waals surface area (Å²) >= 11 is 0. The lowest BCUT2D eigenvalue weighted by Crippen LogP contribution is -2.37. The van der Waals surface area contributed by atoms with E-state index >= 15 is 0 Å². The average Bonchev–Trinajstić information content (AvgIpc) is 2.83. The molecule has 1 heterocycles. The number of H-pyrrole nitrogens is 1. The molecule has 0 fully saturated rings. The summed E-state index contributed by atoms with van der Waals surface area (Å²) < 4.78 is 0. The van der Waals surface area contributed by atoms with Gasteiger partial charge in [-0.1, -0.05) is 30.3 Å². The number of hydrogen-bond donors (Lipinski definition) is 3. The van der Waals surface area contributed by atoms with Gasteiger partial charge in [-0.25, -0.2) is 0 Å². The van der Waals surface area contributed by atoms with Gasteiger partial charge in [0.25, 0.3) is 0 Å². The van der Waals surface area contributed by atoms with Crippen LogP contribution in [0, 0.1) is 0 Å². The molecule has 0 unspecified atom stereocenters. The van der Waals surface area contributed by atoms with Crippen LogP contribution in [0.1, 0.15) is 5.56 Å². The minimum Gasteiger partial charge on any atom is -0.320 e. The molecule has 1 atom stereocenters. The monoisotopic (exact) mass is 230 g/mol. The third-order valence-corrected chi connectivity index (χ3v) is 2.39. The molecule has 17 heavy (non-hydrogen) atoms. The number of amides is 1. The summed E-state index contributed by atoms with van der Waals surface area (Å²) in [5.41, 5.74) is 6.86. The van der Waals surface area contributed by atoms with Crippen LogP contribution in [-0.2, 0) is 11.2 Å². The van der Waals surface area contributed by atoms with E-state index in [1.165, 1.54) is 0 Å². The molecular weight excluding hydrogens is 216 g/mol. The summed E-state index contributed by atoms with van der Waals surface area (Å²) in [6.07, 6.45) is 2.08. The van der Waals surface area contributed by atoms with E-state index in [-0.39, 0.29) is 5.91 Å². The van der Waals surface area contributed by atoms with Crippen molar-refractivity contribution in [1.29, 1.82) is 0 Å². The molecule has 2 aromatic rings. The number of anilines is 1. The van der Waals surface area contributed by atoms with Crippen molar-refractivity contribution in [2.75, 3.05) is 5.32 Å². The Morgan fingerprint density at radius 1 is 1.35 bits per heavy atom. The fourth-order valence-corrected chi connectivity index (χ4v) is 1.51. The van der Waals surface area contributed by atoms with Gasteiger partial charge < -0.3 is 11.1 Å². The van der Waals surface area contributed by atoms with Crippen molar-refractivity contribution >= 4 is 11.7 Å². The molecule has 0 bridgehead atoms. The van der Waals surface area contributed by atoms with Crippen LogP contribution < -0.4 is 11.1 Å². The van der Waals surface area contributed by atoms with Gasteiger partial charge in [-0.15, -0.1) is 0 Å². The van der Waals surface area contributed by atoms with E-state index in [0.717, 1.165) is 5.56 Å². The first-order chi connectivity index (χ1) is 8.25. The second-order valence-electron chi connectivity index (χ2n) is 3.76. The molecule has 0 aliphatic rings. The molecule has 5 nitrogen and oxygen atoms in total. The Kier molecular flexibility index (Phi) is 3.52. The maximum atomic E-state index is 11.7. The van der Waals surface area contributed by atoms with Crippen molar-refractivity contribution < 1.29 is 4.79 Å². The highest BCUT2D eigenvalue weighted by Crippen LogP contribution is 2.04. The zero-order chi connectivity index (χ0) is 12.1. The maximum Gasteiger partial charge on any atom is 0.242 e. The number of benzene rings is 1.